The second-order valence-electron chi connectivity index (χ2n) is 7.52. The van der Waals surface area contributed by atoms with Crippen LogP contribution in [-0.2, 0) is 21.2 Å². The minimum atomic E-state index is -3.74. The molecule has 1 heterocycles. The molecule has 0 aliphatic carbocycles. The molecule has 0 spiro atoms. The van der Waals surface area contributed by atoms with Crippen LogP contribution in [-0.4, -0.2) is 28.0 Å². The standard InChI is InChI=1S/C20H24N2O4S/c1-20(2,3)19(23)21-17-7-5-6-14-12-13-22(18(14)17)27(24,25)16-10-8-15(26-4)9-11-16/h5-11H,12-13H2,1-4H3,(H,21,23). The summed E-state index contributed by atoms with van der Waals surface area (Å²) in [4.78, 5) is 12.6. The van der Waals surface area contributed by atoms with E-state index in [1.54, 1.807) is 18.2 Å². The number of hydrogen-bond acceptors (Lipinski definition) is 4. The molecule has 0 saturated heterocycles. The number of amides is 1. The molecule has 1 N–H and O–H groups in total. The van der Waals surface area contributed by atoms with Crippen LogP contribution in [0.15, 0.2) is 47.4 Å². The van der Waals surface area contributed by atoms with Gasteiger partial charge in [-0.3, -0.25) is 9.10 Å². The number of para-hydroxylation sites is 1. The van der Waals surface area contributed by atoms with Crippen LogP contribution >= 0.6 is 0 Å². The van der Waals surface area contributed by atoms with Gasteiger partial charge in [-0.2, -0.15) is 0 Å². The lowest BCUT2D eigenvalue weighted by Crippen LogP contribution is -2.31. The molecule has 1 aliphatic rings. The number of methoxy groups -OCH3 is 1. The first-order valence-corrected chi connectivity index (χ1v) is 10.2. The molecular weight excluding hydrogens is 364 g/mol. The largest absolute Gasteiger partial charge is 0.497 e. The summed E-state index contributed by atoms with van der Waals surface area (Å²) < 4.78 is 32.9. The number of nitrogens with one attached hydrogen (secondary N) is 1. The van der Waals surface area contributed by atoms with Gasteiger partial charge in [0.1, 0.15) is 5.75 Å². The third-order valence-electron chi connectivity index (χ3n) is 4.53. The van der Waals surface area contributed by atoms with Crippen molar-refractivity contribution < 1.29 is 17.9 Å². The number of anilines is 2. The zero-order valence-electron chi connectivity index (χ0n) is 15.9. The molecule has 7 heteroatoms. The number of sulfonamides is 1. The van der Waals surface area contributed by atoms with Crippen LogP contribution < -0.4 is 14.4 Å². The Labute approximate surface area is 160 Å². The number of carbonyl (C=O) groups is 1. The molecule has 3 rings (SSSR count). The molecule has 0 bridgehead atoms. The predicted molar refractivity (Wildman–Crippen MR) is 106 cm³/mol. The van der Waals surface area contributed by atoms with Gasteiger partial charge in [-0.15, -0.1) is 0 Å². The second-order valence-corrected chi connectivity index (χ2v) is 9.38. The van der Waals surface area contributed by atoms with E-state index in [0.717, 1.165) is 5.56 Å². The van der Waals surface area contributed by atoms with E-state index in [1.807, 2.05) is 32.9 Å². The molecule has 0 fully saturated rings. The van der Waals surface area contributed by atoms with E-state index in [2.05, 4.69) is 5.32 Å². The van der Waals surface area contributed by atoms with E-state index < -0.39 is 15.4 Å². The van der Waals surface area contributed by atoms with Crippen LogP contribution in [0.3, 0.4) is 0 Å². The van der Waals surface area contributed by atoms with Gasteiger partial charge in [0.25, 0.3) is 10.0 Å². The Bertz CT molecular complexity index is 960. The van der Waals surface area contributed by atoms with Gasteiger partial charge in [0.15, 0.2) is 0 Å². The van der Waals surface area contributed by atoms with Crippen molar-refractivity contribution in [3.05, 3.63) is 48.0 Å². The summed E-state index contributed by atoms with van der Waals surface area (Å²) in [5.41, 5.74) is 1.38. The normalized spacial score (nSPS) is 14.0. The van der Waals surface area contributed by atoms with Gasteiger partial charge in [-0.25, -0.2) is 8.42 Å². The Morgan fingerprint density at radius 3 is 2.37 bits per heavy atom. The van der Waals surface area contributed by atoms with Crippen molar-refractivity contribution in [2.24, 2.45) is 5.41 Å². The van der Waals surface area contributed by atoms with Crippen molar-refractivity contribution in [3.8, 4) is 5.75 Å². The number of nitrogens with zero attached hydrogens (tertiary/aromatic N) is 1. The molecule has 0 atom stereocenters. The van der Waals surface area contributed by atoms with Crippen molar-refractivity contribution in [1.82, 2.24) is 0 Å². The first kappa shape index (κ1) is 19.2. The summed E-state index contributed by atoms with van der Waals surface area (Å²) >= 11 is 0. The Morgan fingerprint density at radius 1 is 1.11 bits per heavy atom. The summed E-state index contributed by atoms with van der Waals surface area (Å²) in [6.07, 6.45) is 0.601. The fourth-order valence-corrected chi connectivity index (χ4v) is 4.47. The highest BCUT2D eigenvalue weighted by molar-refractivity contribution is 7.92. The SMILES string of the molecule is COc1ccc(S(=O)(=O)N2CCc3cccc(NC(=O)C(C)(C)C)c32)cc1. The summed E-state index contributed by atoms with van der Waals surface area (Å²) in [7, 11) is -2.21. The fraction of sp³-hybridized carbons (Fsp3) is 0.350. The number of ether oxygens (including phenoxy) is 1. The van der Waals surface area contributed by atoms with Crippen LogP contribution in [0, 0.1) is 5.41 Å². The maximum Gasteiger partial charge on any atom is 0.264 e. The van der Waals surface area contributed by atoms with Crippen molar-refractivity contribution >= 4 is 27.3 Å². The third kappa shape index (κ3) is 3.64. The van der Waals surface area contributed by atoms with Gasteiger partial charge in [-0.05, 0) is 42.3 Å². The third-order valence-corrected chi connectivity index (χ3v) is 6.34. The van der Waals surface area contributed by atoms with Crippen molar-refractivity contribution in [3.63, 3.8) is 0 Å². The van der Waals surface area contributed by atoms with Crippen molar-refractivity contribution in [2.45, 2.75) is 32.1 Å². The molecule has 27 heavy (non-hydrogen) atoms. The Kier molecular flexibility index (Phi) is 4.90. The average Bonchev–Trinajstić information content (AvgIpc) is 3.07. The molecule has 6 nitrogen and oxygen atoms in total. The molecule has 0 radical (unpaired) electrons. The fourth-order valence-electron chi connectivity index (χ4n) is 2.95. The van der Waals surface area contributed by atoms with Crippen LogP contribution in [0.25, 0.3) is 0 Å². The lowest BCUT2D eigenvalue weighted by molar-refractivity contribution is -0.123. The van der Waals surface area contributed by atoms with Crippen LogP contribution in [0.2, 0.25) is 0 Å². The van der Waals surface area contributed by atoms with Gasteiger partial charge in [0.05, 0.1) is 23.4 Å². The highest BCUT2D eigenvalue weighted by atomic mass is 32.2. The molecule has 1 aliphatic heterocycles. The molecule has 0 aromatic heterocycles. The van der Waals surface area contributed by atoms with Crippen LogP contribution in [0.4, 0.5) is 11.4 Å². The monoisotopic (exact) mass is 388 g/mol. The quantitative estimate of drug-likeness (QED) is 0.871. The zero-order chi connectivity index (χ0) is 19.8. The van der Waals surface area contributed by atoms with Crippen molar-refractivity contribution in [2.75, 3.05) is 23.3 Å². The molecule has 2 aromatic carbocycles. The van der Waals surface area contributed by atoms with E-state index in [0.29, 0.717) is 30.1 Å². The number of rotatable bonds is 4. The topological polar surface area (TPSA) is 75.7 Å². The molecule has 0 saturated carbocycles. The first-order valence-electron chi connectivity index (χ1n) is 8.75. The Hall–Kier alpha value is -2.54. The Balaban J connectivity index is 2.01. The van der Waals surface area contributed by atoms with E-state index in [-0.39, 0.29) is 10.8 Å². The molecular formula is C20H24N2O4S. The lowest BCUT2D eigenvalue weighted by atomic mass is 9.95. The maximum atomic E-state index is 13.2. The predicted octanol–water partition coefficient (Wildman–Crippen LogP) is 3.43. The van der Waals surface area contributed by atoms with Crippen LogP contribution in [0.1, 0.15) is 26.3 Å². The van der Waals surface area contributed by atoms with Gasteiger partial charge in [-0.1, -0.05) is 32.9 Å². The summed E-state index contributed by atoms with van der Waals surface area (Å²) in [6, 6.07) is 11.8. The smallest absolute Gasteiger partial charge is 0.264 e. The van der Waals surface area contributed by atoms with E-state index in [1.165, 1.54) is 23.5 Å². The number of hydrogen-bond donors (Lipinski definition) is 1. The summed E-state index contributed by atoms with van der Waals surface area (Å²) in [5.74, 6) is 0.429. The molecule has 0 unspecified atom stereocenters. The maximum absolute atomic E-state index is 13.2. The highest BCUT2D eigenvalue weighted by Crippen LogP contribution is 2.39. The lowest BCUT2D eigenvalue weighted by Gasteiger charge is -2.24. The van der Waals surface area contributed by atoms with Gasteiger partial charge in [0, 0.05) is 12.0 Å². The Morgan fingerprint density at radius 2 is 1.78 bits per heavy atom. The van der Waals surface area contributed by atoms with E-state index in [4.69, 9.17) is 4.74 Å². The minimum absolute atomic E-state index is 0.162. The highest BCUT2D eigenvalue weighted by Gasteiger charge is 2.34. The van der Waals surface area contributed by atoms with Gasteiger partial charge >= 0.3 is 0 Å². The first-order chi connectivity index (χ1) is 12.6. The van der Waals surface area contributed by atoms with Crippen molar-refractivity contribution in [1.29, 1.82) is 0 Å². The number of benzene rings is 2. The summed E-state index contributed by atoms with van der Waals surface area (Å²) in [6.45, 7) is 5.79. The minimum Gasteiger partial charge on any atom is -0.497 e. The van der Waals surface area contributed by atoms with E-state index in [9.17, 15) is 13.2 Å². The average molecular weight is 388 g/mol. The molecule has 144 valence electrons. The van der Waals surface area contributed by atoms with Gasteiger partial charge in [0.2, 0.25) is 5.91 Å². The number of carbonyl (C=O) groups excluding carboxylic acids is 1. The summed E-state index contributed by atoms with van der Waals surface area (Å²) in [5, 5.41) is 2.89. The zero-order valence-corrected chi connectivity index (χ0v) is 16.8. The van der Waals surface area contributed by atoms with Gasteiger partial charge < -0.3 is 10.1 Å². The van der Waals surface area contributed by atoms with E-state index >= 15 is 0 Å². The number of fused-ring (bicyclic) bond motifs is 1. The molecule has 1 amide bonds. The molecule has 2 aromatic rings. The van der Waals surface area contributed by atoms with Crippen LogP contribution in [0.5, 0.6) is 5.75 Å². The second kappa shape index (κ2) is 6.88.